The van der Waals surface area contributed by atoms with E-state index in [-0.39, 0.29) is 12.4 Å². The Labute approximate surface area is 151 Å². The number of anilines is 1. The number of para-hydroxylation sites is 2. The lowest BCUT2D eigenvalue weighted by Gasteiger charge is -2.23. The van der Waals surface area contributed by atoms with E-state index in [4.69, 9.17) is 15.1 Å². The molecule has 0 amide bonds. The van der Waals surface area contributed by atoms with Gasteiger partial charge in [0.15, 0.2) is 18.2 Å². The van der Waals surface area contributed by atoms with Crippen molar-refractivity contribution in [2.75, 3.05) is 18.2 Å². The van der Waals surface area contributed by atoms with Gasteiger partial charge in [-0.25, -0.2) is 5.01 Å². The summed E-state index contributed by atoms with van der Waals surface area (Å²) < 4.78 is 5.49. The summed E-state index contributed by atoms with van der Waals surface area (Å²) in [4.78, 5) is 2.05. The smallest absolute Gasteiger partial charge is 0.179 e. The first-order valence-corrected chi connectivity index (χ1v) is 8.52. The number of hydrogen-bond acceptors (Lipinski definition) is 6. The van der Waals surface area contributed by atoms with Crippen LogP contribution in [0.5, 0.6) is 5.75 Å². The van der Waals surface area contributed by atoms with E-state index in [0.717, 1.165) is 30.9 Å². The van der Waals surface area contributed by atoms with Gasteiger partial charge >= 0.3 is 0 Å². The molecule has 2 aromatic rings. The standard InChI is InChI=1S/C20H18N4O2/c21-12-14-26-17-10-5-4-9-16(17)19(25)20-23-13-6-11-18(23)22-24(20)15-7-2-1-3-8-15/h1-5,7-10,25H,6,11,13-14H2/b20-19-. The molecule has 1 N–H and O–H groups in total. The third-order valence-corrected chi connectivity index (χ3v) is 4.41. The number of rotatable bonds is 4. The van der Waals surface area contributed by atoms with Crippen molar-refractivity contribution >= 4 is 17.3 Å². The Morgan fingerprint density at radius 1 is 1.15 bits per heavy atom. The highest BCUT2D eigenvalue weighted by molar-refractivity contribution is 5.93. The molecule has 2 aliphatic heterocycles. The summed E-state index contributed by atoms with van der Waals surface area (Å²) >= 11 is 0. The summed E-state index contributed by atoms with van der Waals surface area (Å²) in [5.74, 6) is 2.13. The van der Waals surface area contributed by atoms with E-state index in [0.29, 0.717) is 17.1 Å². The first-order valence-electron chi connectivity index (χ1n) is 8.52. The van der Waals surface area contributed by atoms with Crippen LogP contribution in [0.1, 0.15) is 18.4 Å². The molecule has 2 aliphatic rings. The fraction of sp³-hybridized carbons (Fsp3) is 0.200. The van der Waals surface area contributed by atoms with Gasteiger partial charge in [-0.1, -0.05) is 30.3 Å². The van der Waals surface area contributed by atoms with Gasteiger partial charge in [-0.15, -0.1) is 0 Å². The summed E-state index contributed by atoms with van der Waals surface area (Å²) in [5.41, 5.74) is 1.42. The molecule has 6 nitrogen and oxygen atoms in total. The Morgan fingerprint density at radius 2 is 1.92 bits per heavy atom. The van der Waals surface area contributed by atoms with Crippen molar-refractivity contribution < 1.29 is 9.84 Å². The first kappa shape index (κ1) is 16.0. The number of hydrazone groups is 1. The Bertz CT molecular complexity index is 915. The van der Waals surface area contributed by atoms with Gasteiger partial charge in [-0.2, -0.15) is 10.4 Å². The fourth-order valence-corrected chi connectivity index (χ4v) is 3.26. The zero-order valence-corrected chi connectivity index (χ0v) is 14.2. The molecule has 2 heterocycles. The summed E-state index contributed by atoms with van der Waals surface area (Å²) in [6.07, 6.45) is 1.89. The average molecular weight is 346 g/mol. The summed E-state index contributed by atoms with van der Waals surface area (Å²) in [5, 5.41) is 26.4. The van der Waals surface area contributed by atoms with E-state index < -0.39 is 0 Å². The van der Waals surface area contributed by atoms with Crippen LogP contribution in [0.25, 0.3) is 5.76 Å². The molecule has 0 radical (unpaired) electrons. The molecule has 0 bridgehead atoms. The van der Waals surface area contributed by atoms with Crippen LogP contribution in [0.4, 0.5) is 5.69 Å². The second-order valence-corrected chi connectivity index (χ2v) is 6.03. The Balaban J connectivity index is 1.82. The van der Waals surface area contributed by atoms with Crippen molar-refractivity contribution in [3.05, 3.63) is 66.0 Å². The predicted molar refractivity (Wildman–Crippen MR) is 99.4 cm³/mol. The molecular weight excluding hydrogens is 328 g/mol. The Kier molecular flexibility index (Phi) is 4.20. The van der Waals surface area contributed by atoms with Gasteiger partial charge in [0.05, 0.1) is 11.3 Å². The zero-order chi connectivity index (χ0) is 17.9. The Hall–Kier alpha value is -3.46. The van der Waals surface area contributed by atoms with Crippen molar-refractivity contribution in [2.45, 2.75) is 12.8 Å². The summed E-state index contributed by atoms with van der Waals surface area (Å²) in [6, 6.07) is 18.9. The Morgan fingerprint density at radius 3 is 2.73 bits per heavy atom. The van der Waals surface area contributed by atoms with Crippen molar-refractivity contribution in [3.8, 4) is 11.8 Å². The second-order valence-electron chi connectivity index (χ2n) is 6.03. The van der Waals surface area contributed by atoms with Crippen LogP contribution >= 0.6 is 0 Å². The van der Waals surface area contributed by atoms with Crippen LogP contribution in [0.2, 0.25) is 0 Å². The van der Waals surface area contributed by atoms with E-state index in [1.807, 2.05) is 53.4 Å². The molecule has 0 spiro atoms. The number of benzene rings is 2. The predicted octanol–water partition coefficient (Wildman–Crippen LogP) is 3.70. The molecule has 0 atom stereocenters. The molecule has 6 heteroatoms. The van der Waals surface area contributed by atoms with E-state index in [1.54, 1.807) is 17.1 Å². The normalized spacial score (nSPS) is 17.6. The van der Waals surface area contributed by atoms with Crippen LogP contribution in [0, 0.1) is 11.3 Å². The van der Waals surface area contributed by atoms with Gasteiger partial charge in [-0.05, 0) is 30.7 Å². The number of nitriles is 1. The van der Waals surface area contributed by atoms with E-state index in [1.165, 1.54) is 0 Å². The minimum atomic E-state index is -0.0759. The maximum atomic E-state index is 11.1. The highest BCUT2D eigenvalue weighted by Gasteiger charge is 2.36. The number of amidine groups is 1. The largest absolute Gasteiger partial charge is 0.504 e. The average Bonchev–Trinajstić information content (AvgIpc) is 3.28. The molecule has 1 fully saturated rings. The minimum absolute atomic E-state index is 0.0759. The van der Waals surface area contributed by atoms with Crippen LogP contribution in [0.15, 0.2) is 65.5 Å². The van der Waals surface area contributed by atoms with Gasteiger partial charge in [0.25, 0.3) is 0 Å². The molecule has 0 unspecified atom stereocenters. The zero-order valence-electron chi connectivity index (χ0n) is 14.2. The van der Waals surface area contributed by atoms with Gasteiger partial charge < -0.3 is 14.7 Å². The second kappa shape index (κ2) is 6.81. The maximum absolute atomic E-state index is 11.1. The third-order valence-electron chi connectivity index (χ3n) is 4.41. The van der Waals surface area contributed by atoms with Gasteiger partial charge in [0.2, 0.25) is 0 Å². The summed E-state index contributed by atoms with van der Waals surface area (Å²) in [6.45, 7) is 0.732. The SMILES string of the molecule is N#CCOc1ccccc1/C(O)=C1\N2CCCC2=NN1c1ccccc1. The lowest BCUT2D eigenvalue weighted by molar-refractivity contribution is 0.363. The molecule has 26 heavy (non-hydrogen) atoms. The quantitative estimate of drug-likeness (QED) is 0.855. The number of aliphatic hydroxyl groups excluding tert-OH is 1. The number of aliphatic hydroxyl groups is 1. The molecule has 0 saturated carbocycles. The van der Waals surface area contributed by atoms with Gasteiger partial charge in [-0.3, -0.25) is 0 Å². The van der Waals surface area contributed by atoms with Crippen molar-refractivity contribution in [1.29, 1.82) is 5.26 Å². The fourth-order valence-electron chi connectivity index (χ4n) is 3.26. The van der Waals surface area contributed by atoms with Crippen LogP contribution in [0.3, 0.4) is 0 Å². The number of nitrogens with zero attached hydrogens (tertiary/aromatic N) is 4. The molecule has 4 rings (SSSR count). The monoisotopic (exact) mass is 346 g/mol. The van der Waals surface area contributed by atoms with E-state index >= 15 is 0 Å². The number of ether oxygens (including phenoxy) is 1. The molecule has 0 aliphatic carbocycles. The van der Waals surface area contributed by atoms with Crippen molar-refractivity contribution in [2.24, 2.45) is 5.10 Å². The van der Waals surface area contributed by atoms with E-state index in [2.05, 4.69) is 0 Å². The third kappa shape index (κ3) is 2.74. The van der Waals surface area contributed by atoms with Gasteiger partial charge in [0.1, 0.15) is 17.7 Å². The number of fused-ring (bicyclic) bond motifs is 1. The molecule has 130 valence electrons. The number of hydrogen-bond donors (Lipinski definition) is 1. The highest BCUT2D eigenvalue weighted by Crippen LogP contribution is 2.37. The highest BCUT2D eigenvalue weighted by atomic mass is 16.5. The van der Waals surface area contributed by atoms with Crippen LogP contribution in [-0.2, 0) is 0 Å². The summed E-state index contributed by atoms with van der Waals surface area (Å²) in [7, 11) is 0. The van der Waals surface area contributed by atoms with Crippen molar-refractivity contribution in [1.82, 2.24) is 4.90 Å². The topological polar surface area (TPSA) is 72.1 Å². The lowest BCUT2D eigenvalue weighted by atomic mass is 10.1. The van der Waals surface area contributed by atoms with Crippen LogP contribution < -0.4 is 9.75 Å². The molecule has 0 aromatic heterocycles. The molecule has 2 aromatic carbocycles. The lowest BCUT2D eigenvalue weighted by Crippen LogP contribution is -2.26. The maximum Gasteiger partial charge on any atom is 0.179 e. The van der Waals surface area contributed by atoms with Gasteiger partial charge in [0, 0.05) is 13.0 Å². The van der Waals surface area contributed by atoms with E-state index in [9.17, 15) is 5.11 Å². The minimum Gasteiger partial charge on any atom is -0.504 e. The molecule has 1 saturated heterocycles. The van der Waals surface area contributed by atoms with Crippen LogP contribution in [-0.4, -0.2) is 29.0 Å². The molecular formula is C20H18N4O2. The van der Waals surface area contributed by atoms with Crippen molar-refractivity contribution in [3.63, 3.8) is 0 Å². The first-order chi connectivity index (χ1) is 12.8.